The molecule has 1 amide bonds. The number of amides is 1. The Morgan fingerprint density at radius 3 is 2.62 bits per heavy atom. The molecule has 132 valence electrons. The summed E-state index contributed by atoms with van der Waals surface area (Å²) in [7, 11) is 0. The van der Waals surface area contributed by atoms with Gasteiger partial charge in [0, 0.05) is 18.0 Å². The van der Waals surface area contributed by atoms with Gasteiger partial charge in [0.2, 0.25) is 0 Å². The zero-order valence-electron chi connectivity index (χ0n) is 14.0. The van der Waals surface area contributed by atoms with Crippen LogP contribution in [0.4, 0.5) is 4.79 Å². The molecule has 2 N–H and O–H groups in total. The summed E-state index contributed by atoms with van der Waals surface area (Å²) < 4.78 is 5.09. The summed E-state index contributed by atoms with van der Waals surface area (Å²) in [6, 6.07) is 17.3. The molecule has 0 aliphatic rings. The molecule has 1 unspecified atom stereocenters. The van der Waals surface area contributed by atoms with Gasteiger partial charge in [-0.25, -0.2) is 9.59 Å². The maximum absolute atomic E-state index is 11.9. The molecule has 1 aromatic heterocycles. The first-order valence-corrected chi connectivity index (χ1v) is 8.15. The highest BCUT2D eigenvalue weighted by Crippen LogP contribution is 2.15. The Balaban J connectivity index is 1.62. The van der Waals surface area contributed by atoms with Crippen LogP contribution in [0.3, 0.4) is 0 Å². The minimum atomic E-state index is -1.12. The summed E-state index contributed by atoms with van der Waals surface area (Å²) in [6.45, 7) is 0.0840. The fourth-order valence-electron chi connectivity index (χ4n) is 2.59. The van der Waals surface area contributed by atoms with Gasteiger partial charge in [0.05, 0.1) is 5.52 Å². The maximum atomic E-state index is 11.9. The van der Waals surface area contributed by atoms with Gasteiger partial charge >= 0.3 is 12.1 Å². The molecule has 0 saturated heterocycles. The fourth-order valence-corrected chi connectivity index (χ4v) is 2.59. The average Bonchev–Trinajstić information content (AvgIpc) is 2.66. The zero-order chi connectivity index (χ0) is 18.4. The third kappa shape index (κ3) is 4.57. The molecule has 0 aliphatic heterocycles. The SMILES string of the molecule is O=C(NC(Cc1ccc2ncccc2c1)C(=O)O)OCc1ccccc1. The van der Waals surface area contributed by atoms with Crippen LogP contribution in [0.25, 0.3) is 10.9 Å². The number of nitrogens with one attached hydrogen (secondary N) is 1. The Morgan fingerprint density at radius 1 is 1.04 bits per heavy atom. The Hall–Kier alpha value is -3.41. The van der Waals surface area contributed by atoms with E-state index in [4.69, 9.17) is 4.74 Å². The van der Waals surface area contributed by atoms with E-state index in [1.807, 2.05) is 60.7 Å². The number of aliphatic carboxylic acids is 1. The Bertz CT molecular complexity index is 912. The second kappa shape index (κ2) is 8.11. The summed E-state index contributed by atoms with van der Waals surface area (Å²) in [4.78, 5) is 27.7. The number of ether oxygens (including phenoxy) is 1. The highest BCUT2D eigenvalue weighted by molar-refractivity contribution is 5.81. The Kier molecular flexibility index (Phi) is 5.43. The van der Waals surface area contributed by atoms with Crippen molar-refractivity contribution in [2.24, 2.45) is 0 Å². The quantitative estimate of drug-likeness (QED) is 0.713. The third-order valence-electron chi connectivity index (χ3n) is 3.91. The van der Waals surface area contributed by atoms with E-state index in [1.165, 1.54) is 0 Å². The van der Waals surface area contributed by atoms with Gasteiger partial charge in [-0.3, -0.25) is 4.98 Å². The number of hydrogen-bond acceptors (Lipinski definition) is 4. The summed E-state index contributed by atoms with van der Waals surface area (Å²) in [6.07, 6.45) is 1.09. The first kappa shape index (κ1) is 17.4. The molecule has 0 spiro atoms. The summed E-state index contributed by atoms with van der Waals surface area (Å²) in [5, 5.41) is 12.7. The fraction of sp³-hybridized carbons (Fsp3) is 0.150. The second-order valence-electron chi connectivity index (χ2n) is 5.83. The molecule has 0 bridgehead atoms. The zero-order valence-corrected chi connectivity index (χ0v) is 14.0. The highest BCUT2D eigenvalue weighted by atomic mass is 16.5. The van der Waals surface area contributed by atoms with E-state index >= 15 is 0 Å². The molecule has 1 atom stereocenters. The van der Waals surface area contributed by atoms with Gasteiger partial charge in [-0.2, -0.15) is 0 Å². The molecule has 0 saturated carbocycles. The molecule has 0 radical (unpaired) electrons. The number of carboxylic acids is 1. The minimum Gasteiger partial charge on any atom is -0.480 e. The number of fused-ring (bicyclic) bond motifs is 1. The van der Waals surface area contributed by atoms with Crippen LogP contribution in [0.2, 0.25) is 0 Å². The van der Waals surface area contributed by atoms with Gasteiger partial charge in [-0.15, -0.1) is 0 Å². The average molecular weight is 350 g/mol. The van der Waals surface area contributed by atoms with E-state index in [2.05, 4.69) is 10.3 Å². The number of alkyl carbamates (subject to hydrolysis) is 1. The number of benzene rings is 2. The van der Waals surface area contributed by atoms with Gasteiger partial charge in [0.15, 0.2) is 0 Å². The van der Waals surface area contributed by atoms with Gasteiger partial charge in [-0.1, -0.05) is 42.5 Å². The van der Waals surface area contributed by atoms with Crippen molar-refractivity contribution in [3.05, 3.63) is 78.0 Å². The van der Waals surface area contributed by atoms with Crippen molar-refractivity contribution < 1.29 is 19.4 Å². The number of pyridine rings is 1. The lowest BCUT2D eigenvalue weighted by Gasteiger charge is -2.15. The van der Waals surface area contributed by atoms with Crippen molar-refractivity contribution >= 4 is 23.0 Å². The number of carbonyl (C=O) groups excluding carboxylic acids is 1. The number of rotatable bonds is 6. The number of aromatic nitrogens is 1. The van der Waals surface area contributed by atoms with Crippen molar-refractivity contribution in [2.75, 3.05) is 0 Å². The normalized spacial score (nSPS) is 11.7. The topological polar surface area (TPSA) is 88.5 Å². The van der Waals surface area contributed by atoms with Crippen LogP contribution in [0.1, 0.15) is 11.1 Å². The first-order valence-electron chi connectivity index (χ1n) is 8.15. The van der Waals surface area contributed by atoms with Crippen LogP contribution in [0.15, 0.2) is 66.9 Å². The lowest BCUT2D eigenvalue weighted by atomic mass is 10.0. The largest absolute Gasteiger partial charge is 0.480 e. The lowest BCUT2D eigenvalue weighted by molar-refractivity contribution is -0.139. The maximum Gasteiger partial charge on any atom is 0.408 e. The van der Waals surface area contributed by atoms with E-state index in [9.17, 15) is 14.7 Å². The van der Waals surface area contributed by atoms with E-state index in [0.717, 1.165) is 22.0 Å². The highest BCUT2D eigenvalue weighted by Gasteiger charge is 2.21. The van der Waals surface area contributed by atoms with Gasteiger partial charge in [0.1, 0.15) is 12.6 Å². The molecular weight excluding hydrogens is 332 g/mol. The van der Waals surface area contributed by atoms with Crippen LogP contribution < -0.4 is 5.32 Å². The van der Waals surface area contributed by atoms with Crippen LogP contribution in [-0.4, -0.2) is 28.2 Å². The number of hydrogen-bond donors (Lipinski definition) is 2. The van der Waals surface area contributed by atoms with Crippen LogP contribution in [-0.2, 0) is 22.6 Å². The predicted octanol–water partition coefficient (Wildman–Crippen LogP) is 3.16. The number of nitrogens with zero attached hydrogens (tertiary/aromatic N) is 1. The second-order valence-corrected chi connectivity index (χ2v) is 5.83. The summed E-state index contributed by atoms with van der Waals surface area (Å²) in [5.74, 6) is -1.12. The minimum absolute atomic E-state index is 0.0840. The van der Waals surface area contributed by atoms with Crippen molar-refractivity contribution in [3.63, 3.8) is 0 Å². The standard InChI is InChI=1S/C20H18N2O4/c23-19(24)18(22-20(25)26-13-14-5-2-1-3-6-14)12-15-8-9-17-16(11-15)7-4-10-21-17/h1-11,18H,12-13H2,(H,22,25)(H,23,24). The molecular formula is C20H18N2O4. The Morgan fingerprint density at radius 2 is 1.85 bits per heavy atom. The molecule has 0 aliphatic carbocycles. The summed E-state index contributed by atoms with van der Waals surface area (Å²) >= 11 is 0. The van der Waals surface area contributed by atoms with E-state index < -0.39 is 18.1 Å². The first-order chi connectivity index (χ1) is 12.6. The number of carbonyl (C=O) groups is 2. The molecule has 2 aromatic carbocycles. The molecule has 6 heteroatoms. The van der Waals surface area contributed by atoms with Gasteiger partial charge in [-0.05, 0) is 29.3 Å². The van der Waals surface area contributed by atoms with E-state index in [0.29, 0.717) is 0 Å². The van der Waals surface area contributed by atoms with Crippen LogP contribution in [0, 0.1) is 0 Å². The third-order valence-corrected chi connectivity index (χ3v) is 3.91. The van der Waals surface area contributed by atoms with E-state index in [1.54, 1.807) is 6.20 Å². The molecule has 1 heterocycles. The monoisotopic (exact) mass is 350 g/mol. The Labute approximate surface area is 150 Å². The predicted molar refractivity (Wildman–Crippen MR) is 96.6 cm³/mol. The lowest BCUT2D eigenvalue weighted by Crippen LogP contribution is -2.42. The van der Waals surface area contributed by atoms with Gasteiger partial charge in [0.25, 0.3) is 0 Å². The smallest absolute Gasteiger partial charge is 0.408 e. The van der Waals surface area contributed by atoms with Crippen molar-refractivity contribution in [1.82, 2.24) is 10.3 Å². The molecule has 3 aromatic rings. The summed E-state index contributed by atoms with van der Waals surface area (Å²) in [5.41, 5.74) is 2.45. The van der Waals surface area contributed by atoms with Crippen LogP contribution >= 0.6 is 0 Å². The van der Waals surface area contributed by atoms with E-state index in [-0.39, 0.29) is 13.0 Å². The van der Waals surface area contributed by atoms with Crippen LogP contribution in [0.5, 0.6) is 0 Å². The van der Waals surface area contributed by atoms with Crippen molar-refractivity contribution in [3.8, 4) is 0 Å². The molecule has 6 nitrogen and oxygen atoms in total. The van der Waals surface area contributed by atoms with Crippen molar-refractivity contribution in [1.29, 1.82) is 0 Å². The molecule has 3 rings (SSSR count). The number of carboxylic acid groups (broad SMARTS) is 1. The van der Waals surface area contributed by atoms with Crippen molar-refractivity contribution in [2.45, 2.75) is 19.1 Å². The molecule has 0 fully saturated rings. The van der Waals surface area contributed by atoms with Gasteiger partial charge < -0.3 is 15.2 Å². The molecule has 26 heavy (non-hydrogen) atoms.